The van der Waals surface area contributed by atoms with Crippen LogP contribution in [0.25, 0.3) is 0 Å². The minimum Gasteiger partial charge on any atom is -0.382 e. The predicted octanol–water partition coefficient (Wildman–Crippen LogP) is 1.14. The van der Waals surface area contributed by atoms with Crippen LogP contribution in [0.2, 0.25) is 0 Å². The quantitative estimate of drug-likeness (QED) is 0.741. The third kappa shape index (κ3) is 2.15. The molecule has 0 radical (unpaired) electrons. The summed E-state index contributed by atoms with van der Waals surface area (Å²) in [5.41, 5.74) is 6.65. The van der Waals surface area contributed by atoms with Gasteiger partial charge in [-0.15, -0.1) is 0 Å². The molecule has 0 amide bonds. The Kier molecular flexibility index (Phi) is 2.82. The van der Waals surface area contributed by atoms with Crippen molar-refractivity contribution in [2.75, 3.05) is 17.7 Å². The van der Waals surface area contributed by atoms with Gasteiger partial charge in [-0.25, -0.2) is 0 Å². The van der Waals surface area contributed by atoms with Gasteiger partial charge in [0.1, 0.15) is 5.82 Å². The van der Waals surface area contributed by atoms with Crippen LogP contribution in [-0.2, 0) is 6.54 Å². The van der Waals surface area contributed by atoms with Crippen LogP contribution in [0.4, 0.5) is 5.82 Å². The van der Waals surface area contributed by atoms with E-state index in [2.05, 4.69) is 11.4 Å². The van der Waals surface area contributed by atoms with Crippen LogP contribution < -0.4 is 5.73 Å². The van der Waals surface area contributed by atoms with Gasteiger partial charge in [0, 0.05) is 17.5 Å². The Balaban J connectivity index is 2.62. The number of nitrogens with two attached hydrogens (primary N) is 1. The van der Waals surface area contributed by atoms with Gasteiger partial charge in [-0.05, 0) is 13.2 Å². The lowest BCUT2D eigenvalue weighted by Gasteiger charge is -2.00. The number of anilines is 1. The van der Waals surface area contributed by atoms with Gasteiger partial charge >= 0.3 is 0 Å². The molecule has 3 nitrogen and oxygen atoms in total. The monoisotopic (exact) mass is 171 g/mol. The molecule has 1 heterocycles. The van der Waals surface area contributed by atoms with Crippen LogP contribution in [0.15, 0.2) is 6.07 Å². The zero-order valence-electron chi connectivity index (χ0n) is 6.87. The van der Waals surface area contributed by atoms with Crippen LogP contribution in [0.3, 0.4) is 0 Å². The molecule has 62 valence electrons. The highest BCUT2D eigenvalue weighted by molar-refractivity contribution is 7.98. The summed E-state index contributed by atoms with van der Waals surface area (Å²) in [6, 6.07) is 1.89. The van der Waals surface area contributed by atoms with Gasteiger partial charge in [-0.1, -0.05) is 0 Å². The molecule has 1 aromatic rings. The molecule has 0 aliphatic rings. The fourth-order valence-corrected chi connectivity index (χ4v) is 1.30. The smallest absolute Gasteiger partial charge is 0.145 e. The van der Waals surface area contributed by atoms with E-state index in [1.54, 1.807) is 0 Å². The summed E-state index contributed by atoms with van der Waals surface area (Å²) >= 11 is 1.81. The van der Waals surface area contributed by atoms with Crippen LogP contribution in [0, 0.1) is 6.92 Å². The molecule has 0 saturated heterocycles. The van der Waals surface area contributed by atoms with Gasteiger partial charge in [0.05, 0.1) is 6.54 Å². The molecule has 0 saturated carbocycles. The van der Waals surface area contributed by atoms with E-state index in [1.807, 2.05) is 29.4 Å². The Bertz CT molecular complexity index is 232. The molecule has 2 N–H and O–H groups in total. The van der Waals surface area contributed by atoms with Crippen molar-refractivity contribution < 1.29 is 0 Å². The van der Waals surface area contributed by atoms with Gasteiger partial charge in [-0.2, -0.15) is 16.9 Å². The van der Waals surface area contributed by atoms with Crippen molar-refractivity contribution in [3.05, 3.63) is 11.8 Å². The second-order valence-electron chi connectivity index (χ2n) is 2.43. The van der Waals surface area contributed by atoms with E-state index in [0.717, 1.165) is 18.0 Å². The zero-order valence-corrected chi connectivity index (χ0v) is 7.69. The van der Waals surface area contributed by atoms with Crippen molar-refractivity contribution >= 4 is 17.6 Å². The van der Waals surface area contributed by atoms with E-state index in [0.29, 0.717) is 5.82 Å². The van der Waals surface area contributed by atoms with Crippen molar-refractivity contribution in [1.29, 1.82) is 0 Å². The van der Waals surface area contributed by atoms with Crippen LogP contribution >= 0.6 is 11.8 Å². The largest absolute Gasteiger partial charge is 0.382 e. The summed E-state index contributed by atoms with van der Waals surface area (Å²) in [6.07, 6.45) is 2.09. The summed E-state index contributed by atoms with van der Waals surface area (Å²) in [5, 5.41) is 4.13. The standard InChI is InChI=1S/C7H13N3S/c1-6-5-7(8)9-10(6)3-4-11-2/h5H,3-4H2,1-2H3,(H2,8,9). The van der Waals surface area contributed by atoms with Crippen molar-refractivity contribution in [1.82, 2.24) is 9.78 Å². The molecular weight excluding hydrogens is 158 g/mol. The number of hydrogen-bond donors (Lipinski definition) is 1. The number of nitrogens with zero attached hydrogens (tertiary/aromatic N) is 2. The number of nitrogen functional groups attached to an aromatic ring is 1. The highest BCUT2D eigenvalue weighted by Gasteiger charge is 1.98. The molecular formula is C7H13N3S. The third-order valence-corrected chi connectivity index (χ3v) is 2.10. The first-order chi connectivity index (χ1) is 5.24. The molecule has 0 unspecified atom stereocenters. The molecule has 1 aromatic heterocycles. The average molecular weight is 171 g/mol. The molecule has 11 heavy (non-hydrogen) atoms. The molecule has 1 rings (SSSR count). The lowest BCUT2D eigenvalue weighted by Crippen LogP contribution is -2.04. The predicted molar refractivity (Wildman–Crippen MR) is 49.8 cm³/mol. The zero-order chi connectivity index (χ0) is 8.27. The molecule has 0 aliphatic heterocycles. The Morgan fingerprint density at radius 1 is 1.73 bits per heavy atom. The van der Waals surface area contributed by atoms with Crippen molar-refractivity contribution in [2.24, 2.45) is 0 Å². The van der Waals surface area contributed by atoms with E-state index < -0.39 is 0 Å². The van der Waals surface area contributed by atoms with E-state index >= 15 is 0 Å². The van der Waals surface area contributed by atoms with Crippen LogP contribution in [0.5, 0.6) is 0 Å². The maximum Gasteiger partial charge on any atom is 0.145 e. The highest BCUT2D eigenvalue weighted by Crippen LogP contribution is 2.05. The average Bonchev–Trinajstić information content (AvgIpc) is 2.26. The topological polar surface area (TPSA) is 43.8 Å². The van der Waals surface area contributed by atoms with Crippen molar-refractivity contribution in [3.8, 4) is 0 Å². The molecule has 0 aliphatic carbocycles. The summed E-state index contributed by atoms with van der Waals surface area (Å²) in [4.78, 5) is 0. The van der Waals surface area contributed by atoms with Gasteiger partial charge < -0.3 is 5.73 Å². The molecule has 0 fully saturated rings. The number of aromatic nitrogens is 2. The Labute approximate surface area is 71.0 Å². The molecule has 0 atom stereocenters. The normalized spacial score (nSPS) is 10.4. The van der Waals surface area contributed by atoms with Crippen molar-refractivity contribution in [2.45, 2.75) is 13.5 Å². The summed E-state index contributed by atoms with van der Waals surface area (Å²) in [7, 11) is 0. The molecule has 0 aromatic carbocycles. The maximum atomic E-state index is 5.51. The number of thioether (sulfide) groups is 1. The third-order valence-electron chi connectivity index (χ3n) is 1.51. The van der Waals surface area contributed by atoms with Gasteiger partial charge in [0.25, 0.3) is 0 Å². The fourth-order valence-electron chi connectivity index (χ4n) is 0.940. The van der Waals surface area contributed by atoms with Gasteiger partial charge in [-0.3, -0.25) is 4.68 Å². The lowest BCUT2D eigenvalue weighted by molar-refractivity contribution is 0.649. The SMILES string of the molecule is CSCCn1nc(N)cc1C. The van der Waals surface area contributed by atoms with Gasteiger partial charge in [0.2, 0.25) is 0 Å². The maximum absolute atomic E-state index is 5.51. The highest BCUT2D eigenvalue weighted by atomic mass is 32.2. The second-order valence-corrected chi connectivity index (χ2v) is 3.41. The number of aryl methyl sites for hydroxylation is 2. The Morgan fingerprint density at radius 3 is 2.91 bits per heavy atom. The molecule has 0 bridgehead atoms. The summed E-state index contributed by atoms with van der Waals surface area (Å²) in [6.45, 7) is 2.97. The van der Waals surface area contributed by atoms with E-state index in [1.165, 1.54) is 0 Å². The number of hydrogen-bond acceptors (Lipinski definition) is 3. The summed E-state index contributed by atoms with van der Waals surface area (Å²) < 4.78 is 1.94. The number of rotatable bonds is 3. The van der Waals surface area contributed by atoms with Crippen molar-refractivity contribution in [3.63, 3.8) is 0 Å². The Morgan fingerprint density at radius 2 is 2.45 bits per heavy atom. The second kappa shape index (κ2) is 3.67. The fraction of sp³-hybridized carbons (Fsp3) is 0.571. The van der Waals surface area contributed by atoms with E-state index in [4.69, 9.17) is 5.73 Å². The van der Waals surface area contributed by atoms with E-state index in [9.17, 15) is 0 Å². The first-order valence-corrected chi connectivity index (χ1v) is 4.92. The first kappa shape index (κ1) is 8.46. The minimum atomic E-state index is 0.614. The minimum absolute atomic E-state index is 0.614. The van der Waals surface area contributed by atoms with E-state index in [-0.39, 0.29) is 0 Å². The van der Waals surface area contributed by atoms with Gasteiger partial charge in [0.15, 0.2) is 0 Å². The molecule has 4 heteroatoms. The van der Waals surface area contributed by atoms with Crippen LogP contribution in [-0.4, -0.2) is 21.8 Å². The Hall–Kier alpha value is -0.640. The van der Waals surface area contributed by atoms with Crippen LogP contribution in [0.1, 0.15) is 5.69 Å². The summed E-state index contributed by atoms with van der Waals surface area (Å²) in [5.74, 6) is 1.70. The lowest BCUT2D eigenvalue weighted by atomic mass is 10.5. The molecule has 0 spiro atoms. The first-order valence-electron chi connectivity index (χ1n) is 3.53.